The van der Waals surface area contributed by atoms with Crippen molar-refractivity contribution < 1.29 is 19.1 Å². The molecule has 0 aliphatic carbocycles. The maximum Gasteiger partial charge on any atom is 0.300 e. The molecule has 0 aromatic heterocycles. The van der Waals surface area contributed by atoms with Crippen molar-refractivity contribution in [2.24, 2.45) is 5.84 Å². The van der Waals surface area contributed by atoms with Crippen LogP contribution in [0.5, 0.6) is 5.75 Å². The molecule has 2 amide bonds. The van der Waals surface area contributed by atoms with E-state index in [9.17, 15) is 14.4 Å². The number of hydrazine groups is 1. The number of carbonyl (C=O) groups excluding carboxylic acids is 3. The molecule has 1 unspecified atom stereocenters. The van der Waals surface area contributed by atoms with Crippen molar-refractivity contribution in [2.75, 3.05) is 12.0 Å². The first-order chi connectivity index (χ1) is 9.01. The first-order valence-electron chi connectivity index (χ1n) is 5.57. The lowest BCUT2D eigenvalue weighted by Crippen LogP contribution is -2.49. The second-order valence-electron chi connectivity index (χ2n) is 4.07. The molecule has 7 heteroatoms. The van der Waals surface area contributed by atoms with E-state index in [0.717, 1.165) is 4.90 Å². The quantitative estimate of drug-likeness (QED) is 0.334. The van der Waals surface area contributed by atoms with Crippen molar-refractivity contribution in [3.63, 3.8) is 0 Å². The number of Topliss-reactive ketones (excluding diaryl/α,β-unsaturated/α-hetero) is 1. The maximum atomic E-state index is 11.9. The summed E-state index contributed by atoms with van der Waals surface area (Å²) < 4.78 is 5.01. The fourth-order valence-corrected chi connectivity index (χ4v) is 1.99. The average molecular weight is 263 g/mol. The number of amides is 2. The standard InChI is InChI=1S/C12H13N3O4/c1-6(11(17)14-13)15-9-4-3-7(19-2)5-8(9)10(16)12(15)18/h3-6H,13H2,1-2H3,(H,14,17). The molecule has 1 atom stereocenters. The second kappa shape index (κ2) is 4.69. The van der Waals surface area contributed by atoms with E-state index in [1.54, 1.807) is 12.1 Å². The first-order valence-corrected chi connectivity index (χ1v) is 5.57. The summed E-state index contributed by atoms with van der Waals surface area (Å²) in [6.07, 6.45) is 0. The summed E-state index contributed by atoms with van der Waals surface area (Å²) in [7, 11) is 1.46. The van der Waals surface area contributed by atoms with E-state index in [-0.39, 0.29) is 5.56 Å². The van der Waals surface area contributed by atoms with Gasteiger partial charge in [0.25, 0.3) is 17.6 Å². The molecule has 19 heavy (non-hydrogen) atoms. The average Bonchev–Trinajstić information content (AvgIpc) is 2.69. The maximum absolute atomic E-state index is 11.9. The molecule has 0 saturated heterocycles. The van der Waals surface area contributed by atoms with Gasteiger partial charge in [0, 0.05) is 0 Å². The van der Waals surface area contributed by atoms with Crippen LogP contribution in [0.1, 0.15) is 17.3 Å². The van der Waals surface area contributed by atoms with Gasteiger partial charge in [0.15, 0.2) is 0 Å². The third-order valence-electron chi connectivity index (χ3n) is 3.03. The van der Waals surface area contributed by atoms with E-state index in [4.69, 9.17) is 10.6 Å². The van der Waals surface area contributed by atoms with Crippen molar-refractivity contribution in [3.05, 3.63) is 23.8 Å². The molecule has 0 radical (unpaired) electrons. The Morgan fingerprint density at radius 3 is 2.68 bits per heavy atom. The van der Waals surface area contributed by atoms with Crippen LogP contribution in [0.3, 0.4) is 0 Å². The monoisotopic (exact) mass is 263 g/mol. The molecule has 0 spiro atoms. The Labute approximate surface area is 109 Å². The molecule has 1 aliphatic heterocycles. The minimum absolute atomic E-state index is 0.223. The molecular formula is C12H13N3O4. The van der Waals surface area contributed by atoms with Crippen LogP contribution in [0.4, 0.5) is 5.69 Å². The van der Waals surface area contributed by atoms with Crippen molar-refractivity contribution in [2.45, 2.75) is 13.0 Å². The fourth-order valence-electron chi connectivity index (χ4n) is 1.99. The Morgan fingerprint density at radius 2 is 2.11 bits per heavy atom. The van der Waals surface area contributed by atoms with Gasteiger partial charge in [-0.1, -0.05) is 0 Å². The van der Waals surface area contributed by atoms with Gasteiger partial charge in [-0.15, -0.1) is 0 Å². The summed E-state index contributed by atoms with van der Waals surface area (Å²) in [6, 6.07) is 3.79. The minimum Gasteiger partial charge on any atom is -0.497 e. The molecule has 100 valence electrons. The van der Waals surface area contributed by atoms with Crippen LogP contribution >= 0.6 is 0 Å². The van der Waals surface area contributed by atoms with Gasteiger partial charge in [-0.2, -0.15) is 0 Å². The molecule has 3 N–H and O–H groups in total. The third-order valence-corrected chi connectivity index (χ3v) is 3.03. The largest absolute Gasteiger partial charge is 0.497 e. The Bertz CT molecular complexity index is 570. The van der Waals surface area contributed by atoms with Crippen LogP contribution in [0.15, 0.2) is 18.2 Å². The zero-order valence-corrected chi connectivity index (χ0v) is 10.5. The molecule has 1 aliphatic rings. The van der Waals surface area contributed by atoms with Gasteiger partial charge in [0.05, 0.1) is 18.4 Å². The predicted molar refractivity (Wildman–Crippen MR) is 66.6 cm³/mol. The number of hydrogen-bond acceptors (Lipinski definition) is 5. The highest BCUT2D eigenvalue weighted by Gasteiger charge is 2.40. The van der Waals surface area contributed by atoms with Crippen LogP contribution < -0.4 is 20.9 Å². The van der Waals surface area contributed by atoms with Gasteiger partial charge >= 0.3 is 0 Å². The number of rotatable bonds is 3. The van der Waals surface area contributed by atoms with E-state index in [1.807, 2.05) is 5.43 Å². The van der Waals surface area contributed by atoms with Crippen molar-refractivity contribution >= 4 is 23.3 Å². The highest BCUT2D eigenvalue weighted by atomic mass is 16.5. The highest BCUT2D eigenvalue weighted by Crippen LogP contribution is 2.33. The van der Waals surface area contributed by atoms with Crippen LogP contribution in [0.25, 0.3) is 0 Å². The summed E-state index contributed by atoms with van der Waals surface area (Å²) >= 11 is 0. The number of nitrogens with one attached hydrogen (secondary N) is 1. The number of anilines is 1. The Kier molecular flexibility index (Phi) is 3.22. The first kappa shape index (κ1) is 13.0. The van der Waals surface area contributed by atoms with Crippen molar-refractivity contribution in [3.8, 4) is 5.75 Å². The summed E-state index contributed by atoms with van der Waals surface area (Å²) in [5.41, 5.74) is 2.57. The zero-order chi connectivity index (χ0) is 14.2. The number of ether oxygens (including phenoxy) is 1. The highest BCUT2D eigenvalue weighted by molar-refractivity contribution is 6.52. The van der Waals surface area contributed by atoms with E-state index >= 15 is 0 Å². The van der Waals surface area contributed by atoms with Gasteiger partial charge in [0.1, 0.15) is 11.8 Å². The number of methoxy groups -OCH3 is 1. The van der Waals surface area contributed by atoms with E-state index in [1.165, 1.54) is 20.1 Å². The minimum atomic E-state index is -0.865. The van der Waals surface area contributed by atoms with Gasteiger partial charge in [0.2, 0.25) is 0 Å². The SMILES string of the molecule is COc1ccc2c(c1)C(=O)C(=O)N2C(C)C(=O)NN. The predicted octanol–water partition coefficient (Wildman–Crippen LogP) is -0.397. The lowest BCUT2D eigenvalue weighted by Gasteiger charge is -2.22. The number of hydrogen-bond donors (Lipinski definition) is 2. The van der Waals surface area contributed by atoms with Crippen LogP contribution in [-0.2, 0) is 9.59 Å². The molecule has 7 nitrogen and oxygen atoms in total. The Morgan fingerprint density at radius 1 is 1.42 bits per heavy atom. The fraction of sp³-hybridized carbons (Fsp3) is 0.250. The normalized spacial score (nSPS) is 15.2. The molecule has 1 aromatic rings. The summed E-state index contributed by atoms with van der Waals surface area (Å²) in [6.45, 7) is 1.49. The summed E-state index contributed by atoms with van der Waals surface area (Å²) in [5.74, 6) is 3.55. The van der Waals surface area contributed by atoms with Crippen molar-refractivity contribution in [1.82, 2.24) is 5.43 Å². The number of nitrogens with zero attached hydrogens (tertiary/aromatic N) is 1. The van der Waals surface area contributed by atoms with Gasteiger partial charge < -0.3 is 4.74 Å². The third kappa shape index (κ3) is 1.93. The van der Waals surface area contributed by atoms with Crippen molar-refractivity contribution in [1.29, 1.82) is 0 Å². The Hall–Kier alpha value is -2.41. The zero-order valence-electron chi connectivity index (χ0n) is 10.5. The summed E-state index contributed by atoms with van der Waals surface area (Å²) in [5, 5.41) is 0. The van der Waals surface area contributed by atoms with Crippen LogP contribution in [0.2, 0.25) is 0 Å². The molecule has 1 aromatic carbocycles. The molecule has 0 fully saturated rings. The molecular weight excluding hydrogens is 250 g/mol. The molecule has 2 rings (SSSR count). The smallest absolute Gasteiger partial charge is 0.300 e. The van der Waals surface area contributed by atoms with Crippen LogP contribution in [-0.4, -0.2) is 30.7 Å². The van der Waals surface area contributed by atoms with E-state index < -0.39 is 23.6 Å². The number of fused-ring (bicyclic) bond motifs is 1. The molecule has 1 heterocycles. The number of benzene rings is 1. The van der Waals surface area contributed by atoms with Gasteiger partial charge in [-0.3, -0.25) is 24.7 Å². The summed E-state index contributed by atoms with van der Waals surface area (Å²) in [4.78, 5) is 36.5. The van der Waals surface area contributed by atoms with Crippen LogP contribution in [0, 0.1) is 0 Å². The number of ketones is 1. The second-order valence-corrected chi connectivity index (χ2v) is 4.07. The number of nitrogens with two attached hydrogens (primary N) is 1. The van der Waals surface area contributed by atoms with E-state index in [0.29, 0.717) is 11.4 Å². The van der Waals surface area contributed by atoms with E-state index in [2.05, 4.69) is 0 Å². The Balaban J connectivity index is 2.48. The topological polar surface area (TPSA) is 102 Å². The van der Waals surface area contributed by atoms with Gasteiger partial charge in [-0.05, 0) is 25.1 Å². The lowest BCUT2D eigenvalue weighted by atomic mass is 10.1. The molecule has 0 bridgehead atoms. The lowest BCUT2D eigenvalue weighted by molar-refractivity contribution is -0.124. The number of carbonyl (C=O) groups is 3. The van der Waals surface area contributed by atoms with Gasteiger partial charge in [-0.25, -0.2) is 5.84 Å². The molecule has 0 saturated carbocycles.